The molecule has 0 saturated heterocycles. The molecule has 2 aliphatic rings. The van der Waals surface area contributed by atoms with Gasteiger partial charge in [0, 0.05) is 33.8 Å². The van der Waals surface area contributed by atoms with Gasteiger partial charge in [0.15, 0.2) is 0 Å². The van der Waals surface area contributed by atoms with Gasteiger partial charge in [-0.1, -0.05) is 103 Å². The van der Waals surface area contributed by atoms with Crippen molar-refractivity contribution in [3.63, 3.8) is 0 Å². The molecule has 2 unspecified atom stereocenters. The fraction of sp³-hybridized carbons (Fsp3) is 0.0526. The molecule has 2 heteroatoms. The Balaban J connectivity index is 1.42. The molecule has 0 fully saturated rings. The summed E-state index contributed by atoms with van der Waals surface area (Å²) in [5.41, 5.74) is 7.60. The Morgan fingerprint density at radius 3 is 2.15 bits per heavy atom. The maximum atomic E-state index is 2.53. The molecule has 1 aromatic heterocycles. The first-order chi connectivity index (χ1) is 19.8. The minimum atomic E-state index is 0.269. The van der Waals surface area contributed by atoms with Gasteiger partial charge >= 0.3 is 0 Å². The van der Waals surface area contributed by atoms with E-state index in [0.29, 0.717) is 5.92 Å². The largest absolute Gasteiger partial charge is 0.333 e. The van der Waals surface area contributed by atoms with E-state index in [1.54, 1.807) is 0 Å². The summed E-state index contributed by atoms with van der Waals surface area (Å²) in [4.78, 5) is 2.53. The van der Waals surface area contributed by atoms with Crippen LogP contribution in [-0.4, -0.2) is 10.6 Å². The van der Waals surface area contributed by atoms with Crippen molar-refractivity contribution < 1.29 is 0 Å². The minimum Gasteiger partial charge on any atom is -0.333 e. The molecular weight excluding hydrogens is 484 g/mol. The second-order valence-corrected chi connectivity index (χ2v) is 11.0. The van der Waals surface area contributed by atoms with Gasteiger partial charge in [-0.3, -0.25) is 0 Å². The Hall–Kier alpha value is -5.08. The molecule has 2 nitrogen and oxygen atoms in total. The summed E-state index contributed by atoms with van der Waals surface area (Å²) in [7, 11) is 0. The molecule has 2 heterocycles. The van der Waals surface area contributed by atoms with Crippen molar-refractivity contribution in [2.75, 3.05) is 4.90 Å². The van der Waals surface area contributed by atoms with Crippen molar-refractivity contribution in [2.45, 2.75) is 12.0 Å². The lowest BCUT2D eigenvalue weighted by Gasteiger charge is -2.28. The van der Waals surface area contributed by atoms with Gasteiger partial charge in [-0.05, 0) is 69.6 Å². The maximum absolute atomic E-state index is 2.53. The number of para-hydroxylation sites is 1. The second-order valence-electron chi connectivity index (χ2n) is 11.0. The van der Waals surface area contributed by atoms with Crippen LogP contribution >= 0.6 is 0 Å². The van der Waals surface area contributed by atoms with E-state index in [1.165, 1.54) is 66.0 Å². The standard InChI is InChI=1S/C38H26N2/c1-2-13-28(14-3-1)39-34-17-9-8-16-31(34)32-23-33-37(24-36(32)39)40(29-20-18-25-10-4-5-12-27(25)22-29)35-21-19-26-11-6-7-15-30(26)38(33)35/h1-24,31,34H. The molecule has 6 aromatic carbocycles. The van der Waals surface area contributed by atoms with Crippen LogP contribution in [-0.2, 0) is 0 Å². The third kappa shape index (κ3) is 2.99. The van der Waals surface area contributed by atoms with Gasteiger partial charge in [0.25, 0.3) is 0 Å². The predicted molar refractivity (Wildman–Crippen MR) is 169 cm³/mol. The lowest BCUT2D eigenvalue weighted by Crippen LogP contribution is -2.28. The van der Waals surface area contributed by atoms with E-state index in [4.69, 9.17) is 0 Å². The van der Waals surface area contributed by atoms with Gasteiger partial charge in [-0.15, -0.1) is 0 Å². The van der Waals surface area contributed by atoms with Crippen molar-refractivity contribution >= 4 is 54.7 Å². The van der Waals surface area contributed by atoms with Crippen molar-refractivity contribution in [3.05, 3.63) is 151 Å². The highest BCUT2D eigenvalue weighted by Gasteiger charge is 2.38. The molecule has 7 aromatic rings. The maximum Gasteiger partial charge on any atom is 0.0629 e. The molecule has 1 aliphatic carbocycles. The van der Waals surface area contributed by atoms with E-state index in [0.717, 1.165) is 0 Å². The van der Waals surface area contributed by atoms with E-state index < -0.39 is 0 Å². The highest BCUT2D eigenvalue weighted by atomic mass is 15.2. The predicted octanol–water partition coefficient (Wildman–Crippen LogP) is 9.82. The Kier molecular flexibility index (Phi) is 4.48. The highest BCUT2D eigenvalue weighted by Crippen LogP contribution is 2.51. The summed E-state index contributed by atoms with van der Waals surface area (Å²) >= 11 is 0. The zero-order valence-electron chi connectivity index (χ0n) is 21.9. The van der Waals surface area contributed by atoms with Gasteiger partial charge in [-0.25, -0.2) is 0 Å². The molecule has 9 rings (SSSR count). The first-order valence-electron chi connectivity index (χ1n) is 14.0. The monoisotopic (exact) mass is 510 g/mol. The first-order valence-corrected chi connectivity index (χ1v) is 14.0. The van der Waals surface area contributed by atoms with Gasteiger partial charge in [0.05, 0.1) is 17.1 Å². The Morgan fingerprint density at radius 1 is 0.500 bits per heavy atom. The van der Waals surface area contributed by atoms with E-state index in [1.807, 2.05) is 0 Å². The highest BCUT2D eigenvalue weighted by molar-refractivity contribution is 6.22. The summed E-state index contributed by atoms with van der Waals surface area (Å²) < 4.78 is 2.47. The van der Waals surface area contributed by atoms with Crippen molar-refractivity contribution in [2.24, 2.45) is 0 Å². The SMILES string of the molecule is C1=CC2c3cc4c5c6ccccc6ccc5n(-c5ccc6ccccc6c5)c4cc3N(c3ccccc3)C2C=C1. The molecular formula is C38H26N2. The zero-order valence-corrected chi connectivity index (χ0v) is 21.9. The molecule has 188 valence electrons. The molecule has 0 N–H and O–H groups in total. The van der Waals surface area contributed by atoms with Crippen LogP contribution in [0.2, 0.25) is 0 Å². The average Bonchev–Trinajstić information content (AvgIpc) is 3.52. The van der Waals surface area contributed by atoms with E-state index in [-0.39, 0.29) is 6.04 Å². The smallest absolute Gasteiger partial charge is 0.0629 e. The number of hydrogen-bond acceptors (Lipinski definition) is 1. The number of nitrogens with zero attached hydrogens (tertiary/aromatic N) is 2. The van der Waals surface area contributed by atoms with Crippen molar-refractivity contribution in [1.29, 1.82) is 0 Å². The fourth-order valence-electron chi connectivity index (χ4n) is 7.10. The fourth-order valence-corrected chi connectivity index (χ4v) is 7.10. The molecule has 0 bridgehead atoms. The van der Waals surface area contributed by atoms with Crippen LogP contribution in [0, 0.1) is 0 Å². The van der Waals surface area contributed by atoms with Gasteiger partial charge < -0.3 is 9.47 Å². The van der Waals surface area contributed by atoms with Crippen LogP contribution in [0.5, 0.6) is 0 Å². The van der Waals surface area contributed by atoms with Crippen LogP contribution in [0.15, 0.2) is 146 Å². The Bertz CT molecular complexity index is 2180. The lowest BCUT2D eigenvalue weighted by molar-refractivity contribution is 0.745. The number of hydrogen-bond donors (Lipinski definition) is 0. The molecule has 0 amide bonds. The molecule has 2 atom stereocenters. The van der Waals surface area contributed by atoms with Crippen LogP contribution in [0.1, 0.15) is 11.5 Å². The van der Waals surface area contributed by atoms with E-state index >= 15 is 0 Å². The number of fused-ring (bicyclic) bond motifs is 9. The zero-order chi connectivity index (χ0) is 26.2. The van der Waals surface area contributed by atoms with Gasteiger partial charge in [0.1, 0.15) is 0 Å². The summed E-state index contributed by atoms with van der Waals surface area (Å²) in [6, 6.07) is 44.9. The average molecular weight is 511 g/mol. The second kappa shape index (κ2) is 8.21. The van der Waals surface area contributed by atoms with Crippen molar-refractivity contribution in [3.8, 4) is 5.69 Å². The summed E-state index contributed by atoms with van der Waals surface area (Å²) in [5.74, 6) is 0.318. The van der Waals surface area contributed by atoms with Crippen LogP contribution in [0.25, 0.3) is 49.0 Å². The number of benzene rings is 6. The molecule has 1 aliphatic heterocycles. The Labute approximate surface area is 232 Å². The summed E-state index contributed by atoms with van der Waals surface area (Å²) in [5, 5.41) is 7.74. The molecule has 0 saturated carbocycles. The molecule has 0 spiro atoms. The van der Waals surface area contributed by atoms with Gasteiger partial charge in [0.2, 0.25) is 0 Å². The number of anilines is 2. The molecule has 40 heavy (non-hydrogen) atoms. The number of aromatic nitrogens is 1. The first kappa shape index (κ1) is 21.8. The number of rotatable bonds is 2. The van der Waals surface area contributed by atoms with Crippen LogP contribution in [0.3, 0.4) is 0 Å². The quantitative estimate of drug-likeness (QED) is 0.225. The lowest BCUT2D eigenvalue weighted by atomic mass is 9.90. The molecule has 0 radical (unpaired) electrons. The van der Waals surface area contributed by atoms with E-state index in [2.05, 4.69) is 155 Å². The third-order valence-corrected chi connectivity index (χ3v) is 8.85. The topological polar surface area (TPSA) is 8.17 Å². The third-order valence-electron chi connectivity index (χ3n) is 8.85. The van der Waals surface area contributed by atoms with Crippen LogP contribution < -0.4 is 4.90 Å². The number of allylic oxidation sites excluding steroid dienone is 2. The van der Waals surface area contributed by atoms with Crippen molar-refractivity contribution in [1.82, 2.24) is 4.57 Å². The summed E-state index contributed by atoms with van der Waals surface area (Å²) in [6.07, 6.45) is 9.13. The minimum absolute atomic E-state index is 0.269. The van der Waals surface area contributed by atoms with Crippen LogP contribution in [0.4, 0.5) is 11.4 Å². The normalized spacial score (nSPS) is 17.8. The Morgan fingerprint density at radius 2 is 1.25 bits per heavy atom. The van der Waals surface area contributed by atoms with E-state index in [9.17, 15) is 0 Å². The summed E-state index contributed by atoms with van der Waals surface area (Å²) in [6.45, 7) is 0. The van der Waals surface area contributed by atoms with Gasteiger partial charge in [-0.2, -0.15) is 0 Å².